The monoisotopic (exact) mass is 328 g/mol. The molecule has 0 heterocycles. The maximum Gasteiger partial charge on any atom is 0.220 e. The molecule has 3 nitrogen and oxygen atoms in total. The SMILES string of the molecule is CN(C)C(CNC(=O)CCc1cccc(F)c1)Cc1ccccc1. The summed E-state index contributed by atoms with van der Waals surface area (Å²) in [5.74, 6) is -0.261. The van der Waals surface area contributed by atoms with Crippen molar-refractivity contribution in [1.29, 1.82) is 0 Å². The van der Waals surface area contributed by atoms with Crippen molar-refractivity contribution < 1.29 is 9.18 Å². The Morgan fingerprint density at radius 3 is 2.46 bits per heavy atom. The van der Waals surface area contributed by atoms with Crippen molar-refractivity contribution in [1.82, 2.24) is 10.2 Å². The maximum atomic E-state index is 13.1. The number of halogens is 1. The molecule has 0 aliphatic rings. The maximum absolute atomic E-state index is 13.1. The van der Waals surface area contributed by atoms with Gasteiger partial charge < -0.3 is 10.2 Å². The van der Waals surface area contributed by atoms with E-state index in [0.29, 0.717) is 19.4 Å². The van der Waals surface area contributed by atoms with E-state index in [2.05, 4.69) is 22.3 Å². The van der Waals surface area contributed by atoms with E-state index >= 15 is 0 Å². The molecule has 128 valence electrons. The number of nitrogens with one attached hydrogen (secondary N) is 1. The van der Waals surface area contributed by atoms with Crippen LogP contribution in [0.1, 0.15) is 17.5 Å². The third-order valence-electron chi connectivity index (χ3n) is 4.11. The van der Waals surface area contributed by atoms with E-state index in [9.17, 15) is 9.18 Å². The molecule has 1 amide bonds. The van der Waals surface area contributed by atoms with Crippen LogP contribution >= 0.6 is 0 Å². The smallest absolute Gasteiger partial charge is 0.220 e. The summed E-state index contributed by atoms with van der Waals surface area (Å²) in [5, 5.41) is 2.99. The van der Waals surface area contributed by atoms with Gasteiger partial charge in [0.15, 0.2) is 0 Å². The highest BCUT2D eigenvalue weighted by atomic mass is 19.1. The lowest BCUT2D eigenvalue weighted by atomic mass is 10.0. The first-order chi connectivity index (χ1) is 11.5. The third-order valence-corrected chi connectivity index (χ3v) is 4.11. The molecule has 1 unspecified atom stereocenters. The van der Waals surface area contributed by atoms with Crippen LogP contribution in [-0.2, 0) is 17.6 Å². The number of hydrogen-bond donors (Lipinski definition) is 1. The van der Waals surface area contributed by atoms with E-state index in [1.807, 2.05) is 38.4 Å². The zero-order valence-electron chi connectivity index (χ0n) is 14.3. The second kappa shape index (κ2) is 9.18. The van der Waals surface area contributed by atoms with Gasteiger partial charge in [-0.2, -0.15) is 0 Å². The first-order valence-electron chi connectivity index (χ1n) is 8.26. The molecule has 0 bridgehead atoms. The average Bonchev–Trinajstić information content (AvgIpc) is 2.57. The summed E-state index contributed by atoms with van der Waals surface area (Å²) in [6.45, 7) is 0.601. The van der Waals surface area contributed by atoms with Crippen LogP contribution in [0.4, 0.5) is 4.39 Å². The Morgan fingerprint density at radius 2 is 1.79 bits per heavy atom. The van der Waals surface area contributed by atoms with Crippen molar-refractivity contribution in [3.63, 3.8) is 0 Å². The fourth-order valence-electron chi connectivity index (χ4n) is 2.59. The van der Waals surface area contributed by atoms with E-state index in [1.165, 1.54) is 17.7 Å². The van der Waals surface area contributed by atoms with Crippen LogP contribution in [0.25, 0.3) is 0 Å². The fraction of sp³-hybridized carbons (Fsp3) is 0.350. The third kappa shape index (κ3) is 6.13. The molecule has 2 aromatic carbocycles. The predicted molar refractivity (Wildman–Crippen MR) is 95.4 cm³/mol. The Labute approximate surface area is 143 Å². The van der Waals surface area contributed by atoms with Gasteiger partial charge >= 0.3 is 0 Å². The van der Waals surface area contributed by atoms with Gasteiger partial charge in [-0.25, -0.2) is 4.39 Å². The minimum Gasteiger partial charge on any atom is -0.355 e. The molecule has 0 saturated heterocycles. The van der Waals surface area contributed by atoms with Crippen LogP contribution in [0.5, 0.6) is 0 Å². The van der Waals surface area contributed by atoms with Gasteiger partial charge in [-0.1, -0.05) is 42.5 Å². The number of rotatable bonds is 8. The van der Waals surface area contributed by atoms with Crippen LogP contribution in [0.2, 0.25) is 0 Å². The Morgan fingerprint density at radius 1 is 1.08 bits per heavy atom. The first-order valence-corrected chi connectivity index (χ1v) is 8.26. The molecule has 1 N–H and O–H groups in total. The van der Waals surface area contributed by atoms with Crippen LogP contribution in [0.3, 0.4) is 0 Å². The van der Waals surface area contributed by atoms with Crippen LogP contribution < -0.4 is 5.32 Å². The largest absolute Gasteiger partial charge is 0.355 e. The molecule has 1 atom stereocenters. The summed E-state index contributed by atoms with van der Waals surface area (Å²) in [6.07, 6.45) is 1.81. The highest BCUT2D eigenvalue weighted by molar-refractivity contribution is 5.76. The lowest BCUT2D eigenvalue weighted by molar-refractivity contribution is -0.121. The number of nitrogens with zero attached hydrogens (tertiary/aromatic N) is 1. The lowest BCUT2D eigenvalue weighted by Gasteiger charge is -2.24. The molecule has 0 aliphatic heterocycles. The number of likely N-dealkylation sites (N-methyl/N-ethyl adjacent to an activating group) is 1. The fourth-order valence-corrected chi connectivity index (χ4v) is 2.59. The minimum absolute atomic E-state index is 0.000766. The van der Waals surface area contributed by atoms with Gasteiger partial charge in [0.1, 0.15) is 5.82 Å². The van der Waals surface area contributed by atoms with E-state index in [1.54, 1.807) is 6.07 Å². The molecule has 2 rings (SSSR count). The number of carbonyl (C=O) groups excluding carboxylic acids is 1. The van der Waals surface area contributed by atoms with Crippen molar-refractivity contribution in [3.05, 3.63) is 71.5 Å². The number of benzene rings is 2. The minimum atomic E-state index is -0.261. The summed E-state index contributed by atoms with van der Waals surface area (Å²) in [7, 11) is 4.04. The molecule has 0 aromatic heterocycles. The molecule has 0 saturated carbocycles. The number of aryl methyl sites for hydroxylation is 1. The van der Waals surface area contributed by atoms with Crippen molar-refractivity contribution in [2.24, 2.45) is 0 Å². The van der Waals surface area contributed by atoms with Crippen molar-refractivity contribution >= 4 is 5.91 Å². The van der Waals surface area contributed by atoms with Gasteiger partial charge in [-0.05, 0) is 50.2 Å². The average molecular weight is 328 g/mol. The normalized spacial score (nSPS) is 12.2. The van der Waals surface area contributed by atoms with Gasteiger partial charge in [0.2, 0.25) is 5.91 Å². The molecule has 24 heavy (non-hydrogen) atoms. The van der Waals surface area contributed by atoms with Gasteiger partial charge in [0.25, 0.3) is 0 Å². The quantitative estimate of drug-likeness (QED) is 0.808. The van der Waals surface area contributed by atoms with Crippen molar-refractivity contribution in [2.75, 3.05) is 20.6 Å². The predicted octanol–water partition coefficient (Wildman–Crippen LogP) is 3.05. The van der Waals surface area contributed by atoms with E-state index in [-0.39, 0.29) is 17.8 Å². The van der Waals surface area contributed by atoms with Gasteiger partial charge in [0, 0.05) is 19.0 Å². The number of hydrogen-bond acceptors (Lipinski definition) is 2. The molecule has 2 aromatic rings. The summed E-state index contributed by atoms with van der Waals surface area (Å²) in [6, 6.07) is 16.9. The second-order valence-corrected chi connectivity index (χ2v) is 6.24. The van der Waals surface area contributed by atoms with Crippen LogP contribution in [0, 0.1) is 5.82 Å². The van der Waals surface area contributed by atoms with Gasteiger partial charge in [-0.3, -0.25) is 4.79 Å². The summed E-state index contributed by atoms with van der Waals surface area (Å²) in [4.78, 5) is 14.2. The Kier molecular flexibility index (Phi) is 6.94. The van der Waals surface area contributed by atoms with Crippen LogP contribution in [-0.4, -0.2) is 37.5 Å². The molecule has 0 aliphatic carbocycles. The zero-order chi connectivity index (χ0) is 17.4. The molecule has 4 heteroatoms. The summed E-state index contributed by atoms with van der Waals surface area (Å²) < 4.78 is 13.1. The molecule has 0 radical (unpaired) electrons. The van der Waals surface area contributed by atoms with E-state index in [0.717, 1.165) is 12.0 Å². The summed E-state index contributed by atoms with van der Waals surface area (Å²) in [5.41, 5.74) is 2.10. The molecule has 0 fully saturated rings. The zero-order valence-corrected chi connectivity index (χ0v) is 14.3. The lowest BCUT2D eigenvalue weighted by Crippen LogP contribution is -2.41. The Hall–Kier alpha value is -2.20. The van der Waals surface area contributed by atoms with E-state index in [4.69, 9.17) is 0 Å². The topological polar surface area (TPSA) is 32.3 Å². The second-order valence-electron chi connectivity index (χ2n) is 6.24. The van der Waals surface area contributed by atoms with Gasteiger partial charge in [-0.15, -0.1) is 0 Å². The molecular weight excluding hydrogens is 303 g/mol. The number of amides is 1. The van der Waals surface area contributed by atoms with Gasteiger partial charge in [0.05, 0.1) is 0 Å². The first kappa shape index (κ1) is 18.1. The van der Waals surface area contributed by atoms with Crippen molar-refractivity contribution in [3.8, 4) is 0 Å². The highest BCUT2D eigenvalue weighted by Crippen LogP contribution is 2.08. The molecular formula is C20H25FN2O. The summed E-state index contributed by atoms with van der Waals surface area (Å²) >= 11 is 0. The highest BCUT2D eigenvalue weighted by Gasteiger charge is 2.13. The Bertz CT molecular complexity index is 643. The van der Waals surface area contributed by atoms with E-state index < -0.39 is 0 Å². The standard InChI is InChI=1S/C20H25FN2O/c1-23(2)19(14-16-7-4-3-5-8-16)15-22-20(24)12-11-17-9-6-10-18(21)13-17/h3-10,13,19H,11-12,14-15H2,1-2H3,(H,22,24). The Balaban J connectivity index is 1.79. The van der Waals surface area contributed by atoms with Crippen LogP contribution in [0.15, 0.2) is 54.6 Å². The van der Waals surface area contributed by atoms with Crippen molar-refractivity contribution in [2.45, 2.75) is 25.3 Å². The number of carbonyl (C=O) groups is 1. The molecule has 0 spiro atoms.